The van der Waals surface area contributed by atoms with Crippen LogP contribution in [0.1, 0.15) is 37.2 Å². The van der Waals surface area contributed by atoms with Crippen LogP contribution in [0.5, 0.6) is 0 Å². The van der Waals surface area contributed by atoms with E-state index in [1.807, 2.05) is 11.9 Å². The second-order valence-electron chi connectivity index (χ2n) is 4.16. The maximum Gasteiger partial charge on any atom is 0.354 e. The van der Waals surface area contributed by atoms with E-state index in [1.54, 1.807) is 6.07 Å². The molecule has 1 heterocycles. The number of aromatic nitrogens is 1. The number of carbonyl (C=O) groups is 1. The van der Waals surface area contributed by atoms with Gasteiger partial charge in [-0.25, -0.2) is 9.78 Å². The molecule has 0 saturated heterocycles. The molecule has 17 heavy (non-hydrogen) atoms. The largest absolute Gasteiger partial charge is 0.477 e. The van der Waals surface area contributed by atoms with Gasteiger partial charge in [0.15, 0.2) is 11.5 Å². The van der Waals surface area contributed by atoms with Crippen molar-refractivity contribution in [3.8, 4) is 0 Å². The van der Waals surface area contributed by atoms with Crippen LogP contribution in [0.4, 0.5) is 11.5 Å². The fourth-order valence-electron chi connectivity index (χ4n) is 1.68. The first-order chi connectivity index (χ1) is 7.97. The average Bonchev–Trinajstić information content (AvgIpc) is 2.28. The summed E-state index contributed by atoms with van der Waals surface area (Å²) in [7, 11) is 1.88. The van der Waals surface area contributed by atoms with Crippen LogP contribution in [-0.4, -0.2) is 29.1 Å². The summed E-state index contributed by atoms with van der Waals surface area (Å²) in [6.45, 7) is 4.17. The molecule has 1 unspecified atom stereocenters. The first-order valence-electron chi connectivity index (χ1n) is 5.70. The molecule has 1 aromatic heterocycles. The van der Waals surface area contributed by atoms with Crippen molar-refractivity contribution in [2.75, 3.05) is 17.7 Å². The Kier molecular flexibility index (Phi) is 4.31. The lowest BCUT2D eigenvalue weighted by atomic mass is 10.1. The monoisotopic (exact) mass is 237 g/mol. The van der Waals surface area contributed by atoms with E-state index < -0.39 is 5.97 Å². The number of rotatable bonds is 5. The molecule has 1 rings (SSSR count). The maximum atomic E-state index is 10.9. The molecule has 3 N–H and O–H groups in total. The molecule has 0 aliphatic rings. The zero-order chi connectivity index (χ0) is 13.0. The Morgan fingerprint density at radius 2 is 2.24 bits per heavy atom. The topological polar surface area (TPSA) is 79.5 Å². The number of aromatic carboxylic acids is 1. The summed E-state index contributed by atoms with van der Waals surface area (Å²) in [5.74, 6) is -0.506. The minimum atomic E-state index is -1.04. The van der Waals surface area contributed by atoms with Crippen molar-refractivity contribution in [1.29, 1.82) is 0 Å². The van der Waals surface area contributed by atoms with Gasteiger partial charge in [-0.05, 0) is 25.5 Å². The maximum absolute atomic E-state index is 10.9. The molecule has 0 aromatic carbocycles. The number of nitrogens with two attached hydrogens (primary N) is 1. The lowest BCUT2D eigenvalue weighted by Gasteiger charge is -2.26. The Labute approximate surface area is 101 Å². The van der Waals surface area contributed by atoms with Crippen LogP contribution in [0.15, 0.2) is 12.1 Å². The Morgan fingerprint density at radius 3 is 2.76 bits per heavy atom. The van der Waals surface area contributed by atoms with Gasteiger partial charge < -0.3 is 15.7 Å². The van der Waals surface area contributed by atoms with E-state index in [4.69, 9.17) is 10.8 Å². The predicted octanol–water partition coefficient (Wildman–Crippen LogP) is 1.99. The smallest absolute Gasteiger partial charge is 0.354 e. The number of hydrogen-bond acceptors (Lipinski definition) is 4. The van der Waals surface area contributed by atoms with Crippen LogP contribution in [0.25, 0.3) is 0 Å². The zero-order valence-corrected chi connectivity index (χ0v) is 10.5. The molecular formula is C12H19N3O2. The molecule has 0 aliphatic heterocycles. The molecule has 5 nitrogen and oxygen atoms in total. The highest BCUT2D eigenvalue weighted by molar-refractivity contribution is 5.86. The Bertz CT molecular complexity index is 407. The van der Waals surface area contributed by atoms with E-state index in [1.165, 1.54) is 6.07 Å². The number of hydrogen-bond donors (Lipinski definition) is 2. The van der Waals surface area contributed by atoms with E-state index in [2.05, 4.69) is 18.8 Å². The third-order valence-corrected chi connectivity index (χ3v) is 2.83. The molecule has 0 saturated carbocycles. The molecule has 0 aliphatic carbocycles. The van der Waals surface area contributed by atoms with E-state index in [-0.39, 0.29) is 11.7 Å². The highest BCUT2D eigenvalue weighted by Gasteiger charge is 2.15. The van der Waals surface area contributed by atoms with Gasteiger partial charge in [-0.3, -0.25) is 0 Å². The number of anilines is 2. The number of nitrogen functional groups attached to an aromatic ring is 1. The summed E-state index contributed by atoms with van der Waals surface area (Å²) in [5, 5.41) is 8.90. The molecule has 0 amide bonds. The van der Waals surface area contributed by atoms with Crippen LogP contribution >= 0.6 is 0 Å². The van der Waals surface area contributed by atoms with Crippen LogP contribution < -0.4 is 10.6 Å². The third kappa shape index (κ3) is 3.09. The minimum absolute atomic E-state index is 0.0183. The average molecular weight is 237 g/mol. The van der Waals surface area contributed by atoms with Crippen molar-refractivity contribution in [2.24, 2.45) is 0 Å². The molecule has 5 heteroatoms. The molecule has 94 valence electrons. The molecular weight excluding hydrogens is 218 g/mol. The van der Waals surface area contributed by atoms with Crippen molar-refractivity contribution >= 4 is 17.5 Å². The summed E-state index contributed by atoms with van der Waals surface area (Å²) in [6.07, 6.45) is 2.07. The summed E-state index contributed by atoms with van der Waals surface area (Å²) in [5.41, 5.74) is 6.35. The quantitative estimate of drug-likeness (QED) is 0.818. The lowest BCUT2D eigenvalue weighted by Crippen LogP contribution is -2.30. The molecule has 0 bridgehead atoms. The minimum Gasteiger partial charge on any atom is -0.477 e. The van der Waals surface area contributed by atoms with Gasteiger partial charge in [0.25, 0.3) is 0 Å². The second kappa shape index (κ2) is 5.52. The van der Waals surface area contributed by atoms with E-state index in [0.717, 1.165) is 12.8 Å². The van der Waals surface area contributed by atoms with Crippen molar-refractivity contribution in [3.05, 3.63) is 17.8 Å². The number of pyridine rings is 1. The molecule has 1 aromatic rings. The van der Waals surface area contributed by atoms with Crippen LogP contribution in [0, 0.1) is 0 Å². The van der Waals surface area contributed by atoms with Gasteiger partial charge in [0.1, 0.15) is 0 Å². The van der Waals surface area contributed by atoms with Crippen LogP contribution in [-0.2, 0) is 0 Å². The Morgan fingerprint density at radius 1 is 1.59 bits per heavy atom. The summed E-state index contributed by atoms with van der Waals surface area (Å²) in [4.78, 5) is 16.9. The highest BCUT2D eigenvalue weighted by Crippen LogP contribution is 2.22. The zero-order valence-electron chi connectivity index (χ0n) is 10.5. The van der Waals surface area contributed by atoms with Gasteiger partial charge in [0, 0.05) is 13.1 Å². The number of carboxylic acids is 1. The Hall–Kier alpha value is -1.78. The predicted molar refractivity (Wildman–Crippen MR) is 68.4 cm³/mol. The second-order valence-corrected chi connectivity index (χ2v) is 4.16. The molecule has 1 atom stereocenters. The van der Waals surface area contributed by atoms with E-state index in [9.17, 15) is 4.79 Å². The summed E-state index contributed by atoms with van der Waals surface area (Å²) in [6, 6.07) is 3.28. The fourth-order valence-corrected chi connectivity index (χ4v) is 1.68. The summed E-state index contributed by atoms with van der Waals surface area (Å²) < 4.78 is 0. The van der Waals surface area contributed by atoms with Gasteiger partial charge >= 0.3 is 5.97 Å². The van der Waals surface area contributed by atoms with Crippen molar-refractivity contribution in [2.45, 2.75) is 32.7 Å². The van der Waals surface area contributed by atoms with Gasteiger partial charge in [-0.1, -0.05) is 13.3 Å². The molecule has 0 spiro atoms. The van der Waals surface area contributed by atoms with Crippen molar-refractivity contribution in [3.63, 3.8) is 0 Å². The van der Waals surface area contributed by atoms with Crippen molar-refractivity contribution < 1.29 is 9.90 Å². The SMILES string of the molecule is CCCC(C)N(C)c1nc(C(=O)O)ccc1N. The normalized spacial score (nSPS) is 12.2. The lowest BCUT2D eigenvalue weighted by molar-refractivity contribution is 0.0690. The van der Waals surface area contributed by atoms with Gasteiger partial charge in [-0.2, -0.15) is 0 Å². The third-order valence-electron chi connectivity index (χ3n) is 2.83. The molecule has 0 fully saturated rings. The first-order valence-corrected chi connectivity index (χ1v) is 5.70. The van der Waals surface area contributed by atoms with Crippen LogP contribution in [0.2, 0.25) is 0 Å². The highest BCUT2D eigenvalue weighted by atomic mass is 16.4. The number of nitrogens with zero attached hydrogens (tertiary/aromatic N) is 2. The van der Waals surface area contributed by atoms with E-state index in [0.29, 0.717) is 11.5 Å². The number of carboxylic acid groups (broad SMARTS) is 1. The fraction of sp³-hybridized carbons (Fsp3) is 0.500. The molecule has 0 radical (unpaired) electrons. The first kappa shape index (κ1) is 13.3. The van der Waals surface area contributed by atoms with Gasteiger partial charge in [0.05, 0.1) is 5.69 Å². The Balaban J connectivity index is 3.03. The van der Waals surface area contributed by atoms with Crippen LogP contribution in [0.3, 0.4) is 0 Å². The van der Waals surface area contributed by atoms with Gasteiger partial charge in [0.2, 0.25) is 0 Å². The summed E-state index contributed by atoms with van der Waals surface area (Å²) >= 11 is 0. The van der Waals surface area contributed by atoms with Gasteiger partial charge in [-0.15, -0.1) is 0 Å². The van der Waals surface area contributed by atoms with E-state index >= 15 is 0 Å². The van der Waals surface area contributed by atoms with Crippen molar-refractivity contribution in [1.82, 2.24) is 4.98 Å². The standard InChI is InChI=1S/C12H19N3O2/c1-4-5-8(2)15(3)11-9(13)6-7-10(14-11)12(16)17/h6-8H,4-5,13H2,1-3H3,(H,16,17).